The first-order valence-corrected chi connectivity index (χ1v) is 6.99. The zero-order valence-corrected chi connectivity index (χ0v) is 11.7. The number of halogens is 3. The van der Waals surface area contributed by atoms with Crippen LogP contribution in [0.25, 0.3) is 0 Å². The first-order chi connectivity index (χ1) is 10.4. The highest BCUT2D eigenvalue weighted by molar-refractivity contribution is 5.90. The number of fused-ring (bicyclic) bond motifs is 1. The summed E-state index contributed by atoms with van der Waals surface area (Å²) < 4.78 is 49.4. The van der Waals surface area contributed by atoms with Gasteiger partial charge in [0.1, 0.15) is 6.04 Å². The molecule has 1 fully saturated rings. The van der Waals surface area contributed by atoms with Crippen molar-refractivity contribution >= 4 is 11.7 Å². The molecule has 1 N–H and O–H groups in total. The van der Waals surface area contributed by atoms with E-state index >= 15 is 0 Å². The first-order valence-electron chi connectivity index (χ1n) is 6.99. The number of carbonyl (C=O) groups excluding carboxylic acids is 1. The Bertz CT molecular complexity index is 577. The molecule has 0 spiro atoms. The van der Waals surface area contributed by atoms with Crippen molar-refractivity contribution in [2.75, 3.05) is 18.7 Å². The highest BCUT2D eigenvalue weighted by Crippen LogP contribution is 2.35. The molecule has 0 bridgehead atoms. The second-order valence-electron chi connectivity index (χ2n) is 5.24. The lowest BCUT2D eigenvalue weighted by Crippen LogP contribution is -2.52. The van der Waals surface area contributed by atoms with Crippen molar-refractivity contribution < 1.29 is 27.4 Å². The highest BCUT2D eigenvalue weighted by atomic mass is 19.4. The van der Waals surface area contributed by atoms with Crippen molar-refractivity contribution in [3.8, 4) is 11.5 Å². The van der Waals surface area contributed by atoms with E-state index in [9.17, 15) is 18.0 Å². The third-order valence-corrected chi connectivity index (χ3v) is 3.77. The molecule has 1 atom stereocenters. The summed E-state index contributed by atoms with van der Waals surface area (Å²) in [4.78, 5) is 13.0. The number of hydrogen-bond donors (Lipinski definition) is 1. The van der Waals surface area contributed by atoms with Crippen LogP contribution < -0.4 is 14.8 Å². The van der Waals surface area contributed by atoms with Crippen LogP contribution in [0.3, 0.4) is 0 Å². The van der Waals surface area contributed by atoms with Crippen LogP contribution in [0.4, 0.5) is 23.7 Å². The summed E-state index contributed by atoms with van der Waals surface area (Å²) in [5.74, 6) is 1.01. The predicted octanol–water partition coefficient (Wildman–Crippen LogP) is 3.36. The zero-order valence-electron chi connectivity index (χ0n) is 11.7. The molecular weight excluding hydrogens is 301 g/mol. The van der Waals surface area contributed by atoms with Gasteiger partial charge in [0.05, 0.1) is 0 Å². The van der Waals surface area contributed by atoms with E-state index in [1.54, 1.807) is 12.1 Å². The number of benzene rings is 1. The van der Waals surface area contributed by atoms with Crippen molar-refractivity contribution in [3.05, 3.63) is 18.2 Å². The van der Waals surface area contributed by atoms with E-state index in [2.05, 4.69) is 5.32 Å². The number of hydrogen-bond acceptors (Lipinski definition) is 3. The number of nitrogens with one attached hydrogen (secondary N) is 1. The van der Waals surface area contributed by atoms with Crippen LogP contribution in [-0.4, -0.2) is 36.5 Å². The van der Waals surface area contributed by atoms with Gasteiger partial charge in [-0.25, -0.2) is 4.79 Å². The molecule has 22 heavy (non-hydrogen) atoms. The second kappa shape index (κ2) is 5.58. The lowest BCUT2D eigenvalue weighted by atomic mass is 10.0. The Kier molecular flexibility index (Phi) is 3.76. The largest absolute Gasteiger partial charge is 0.454 e. The second-order valence-corrected chi connectivity index (χ2v) is 5.24. The van der Waals surface area contributed by atoms with E-state index in [4.69, 9.17) is 9.47 Å². The number of likely N-dealkylation sites (tertiary alicyclic amines) is 1. The number of alkyl halides is 3. The smallest absolute Gasteiger partial charge is 0.408 e. The molecule has 0 aromatic heterocycles. The number of nitrogens with zero attached hydrogens (tertiary/aromatic N) is 1. The van der Waals surface area contributed by atoms with Gasteiger partial charge in [-0.1, -0.05) is 0 Å². The molecule has 8 heteroatoms. The Labute approximate surface area is 125 Å². The number of piperidine rings is 1. The number of anilines is 1. The summed E-state index contributed by atoms with van der Waals surface area (Å²) in [5.41, 5.74) is 0.376. The van der Waals surface area contributed by atoms with E-state index < -0.39 is 18.2 Å². The van der Waals surface area contributed by atoms with Crippen molar-refractivity contribution in [1.82, 2.24) is 4.90 Å². The van der Waals surface area contributed by atoms with Gasteiger partial charge < -0.3 is 19.7 Å². The summed E-state index contributed by atoms with van der Waals surface area (Å²) in [7, 11) is 0. The maximum absolute atomic E-state index is 13.0. The van der Waals surface area contributed by atoms with Gasteiger partial charge >= 0.3 is 12.2 Å². The summed E-state index contributed by atoms with van der Waals surface area (Å²) in [6.07, 6.45) is -3.43. The molecule has 1 aromatic rings. The maximum atomic E-state index is 13.0. The number of urea groups is 1. The molecule has 0 aliphatic carbocycles. The Morgan fingerprint density at radius 3 is 2.77 bits per heavy atom. The topological polar surface area (TPSA) is 50.8 Å². The third-order valence-electron chi connectivity index (χ3n) is 3.77. The maximum Gasteiger partial charge on any atom is 0.408 e. The fourth-order valence-corrected chi connectivity index (χ4v) is 2.68. The predicted molar refractivity (Wildman–Crippen MR) is 72.0 cm³/mol. The van der Waals surface area contributed by atoms with Crippen molar-refractivity contribution in [1.29, 1.82) is 0 Å². The normalized spacial score (nSPS) is 20.9. The molecule has 3 rings (SSSR count). The van der Waals surface area contributed by atoms with Crippen LogP contribution in [-0.2, 0) is 0 Å². The lowest BCUT2D eigenvalue weighted by molar-refractivity contribution is -0.181. The number of rotatable bonds is 1. The van der Waals surface area contributed by atoms with Crippen LogP contribution in [0.5, 0.6) is 11.5 Å². The molecule has 1 aromatic carbocycles. The van der Waals surface area contributed by atoms with Crippen LogP contribution >= 0.6 is 0 Å². The van der Waals surface area contributed by atoms with Gasteiger partial charge in [-0.2, -0.15) is 13.2 Å². The van der Waals surface area contributed by atoms with Gasteiger partial charge in [-0.15, -0.1) is 0 Å². The molecule has 2 aliphatic heterocycles. The monoisotopic (exact) mass is 316 g/mol. The molecule has 2 amide bonds. The minimum Gasteiger partial charge on any atom is -0.454 e. The van der Waals surface area contributed by atoms with E-state index in [1.807, 2.05) is 0 Å². The van der Waals surface area contributed by atoms with Crippen LogP contribution in [0.15, 0.2) is 18.2 Å². The molecule has 2 aliphatic rings. The highest BCUT2D eigenvalue weighted by Gasteiger charge is 2.46. The summed E-state index contributed by atoms with van der Waals surface area (Å²) in [6.45, 7) is 0.190. The number of amides is 2. The van der Waals surface area contributed by atoms with Crippen molar-refractivity contribution in [3.63, 3.8) is 0 Å². The van der Waals surface area contributed by atoms with Gasteiger partial charge in [0.15, 0.2) is 11.5 Å². The number of carbonyl (C=O) groups is 1. The summed E-state index contributed by atoms with van der Waals surface area (Å²) in [5, 5.41) is 2.49. The minimum atomic E-state index is -4.41. The van der Waals surface area contributed by atoms with E-state index in [0.29, 0.717) is 30.0 Å². The van der Waals surface area contributed by atoms with Gasteiger partial charge in [0.2, 0.25) is 6.79 Å². The van der Waals surface area contributed by atoms with Crippen molar-refractivity contribution in [2.24, 2.45) is 0 Å². The minimum absolute atomic E-state index is 0.0575. The first kappa shape index (κ1) is 14.8. The third kappa shape index (κ3) is 2.90. The average Bonchev–Trinajstić information content (AvgIpc) is 2.94. The molecule has 120 valence electrons. The molecule has 5 nitrogen and oxygen atoms in total. The molecule has 0 saturated carbocycles. The standard InChI is InChI=1S/C14H15F3N2O3/c15-14(16,17)12-3-1-2-6-19(12)13(20)18-9-4-5-10-11(7-9)22-8-21-10/h4-5,7,12H,1-3,6,8H2,(H,18,20). The van der Waals surface area contributed by atoms with E-state index in [-0.39, 0.29) is 19.8 Å². The Morgan fingerprint density at radius 1 is 1.23 bits per heavy atom. The summed E-state index contributed by atoms with van der Waals surface area (Å²) >= 11 is 0. The Morgan fingerprint density at radius 2 is 2.00 bits per heavy atom. The SMILES string of the molecule is O=C(Nc1ccc2c(c1)OCO2)N1CCCCC1C(F)(F)F. The summed E-state index contributed by atoms with van der Waals surface area (Å²) in [6, 6.07) is 2.23. The fraction of sp³-hybridized carbons (Fsp3) is 0.500. The quantitative estimate of drug-likeness (QED) is 0.864. The Hall–Kier alpha value is -2.12. The van der Waals surface area contributed by atoms with Crippen LogP contribution in [0, 0.1) is 0 Å². The molecule has 1 unspecified atom stereocenters. The van der Waals surface area contributed by atoms with Crippen molar-refractivity contribution in [2.45, 2.75) is 31.5 Å². The number of ether oxygens (including phenoxy) is 2. The van der Waals surface area contributed by atoms with E-state index in [0.717, 1.165) is 4.90 Å². The molecule has 2 heterocycles. The van der Waals surface area contributed by atoms with Gasteiger partial charge in [-0.05, 0) is 31.4 Å². The van der Waals surface area contributed by atoms with E-state index in [1.165, 1.54) is 6.07 Å². The van der Waals surface area contributed by atoms with Crippen LogP contribution in [0.1, 0.15) is 19.3 Å². The van der Waals surface area contributed by atoms with Gasteiger partial charge in [0.25, 0.3) is 0 Å². The molecule has 1 saturated heterocycles. The average molecular weight is 316 g/mol. The lowest BCUT2D eigenvalue weighted by Gasteiger charge is -2.36. The van der Waals surface area contributed by atoms with Gasteiger partial charge in [0, 0.05) is 18.3 Å². The fourth-order valence-electron chi connectivity index (χ4n) is 2.68. The molecular formula is C14H15F3N2O3. The Balaban J connectivity index is 1.72. The molecule has 0 radical (unpaired) electrons. The van der Waals surface area contributed by atoms with Crippen LogP contribution in [0.2, 0.25) is 0 Å². The zero-order chi connectivity index (χ0) is 15.7. The van der Waals surface area contributed by atoms with Gasteiger partial charge in [-0.3, -0.25) is 0 Å².